The minimum absolute atomic E-state index is 0.343. The lowest BCUT2D eigenvalue weighted by molar-refractivity contribution is -0.628. The van der Waals surface area contributed by atoms with Crippen molar-refractivity contribution in [3.05, 3.63) is 65.2 Å². The lowest BCUT2D eigenvalue weighted by atomic mass is 9.99. The molecule has 134 valence electrons. The molecule has 0 spiro atoms. The molecule has 0 unspecified atom stereocenters. The summed E-state index contributed by atoms with van der Waals surface area (Å²) in [4.78, 5) is 38.4. The lowest BCUT2D eigenvalue weighted by Gasteiger charge is -2.30. The highest BCUT2D eigenvalue weighted by Crippen LogP contribution is 2.24. The molecule has 1 aliphatic rings. The van der Waals surface area contributed by atoms with Gasteiger partial charge in [0.1, 0.15) is 12.2 Å². The van der Waals surface area contributed by atoms with Crippen LogP contribution < -0.4 is 15.5 Å². The number of nitrogens with two attached hydrogens (primary N) is 1. The number of furan rings is 1. The van der Waals surface area contributed by atoms with Gasteiger partial charge in [-0.05, 0) is 49.4 Å². The number of amides is 4. The molecule has 1 aromatic heterocycles. The molecule has 1 aromatic carbocycles. The summed E-state index contributed by atoms with van der Waals surface area (Å²) in [6.07, 6.45) is 3.23. The molecule has 8 heteroatoms. The zero-order valence-corrected chi connectivity index (χ0v) is 14.7. The molecule has 2 heterocycles. The van der Waals surface area contributed by atoms with Gasteiger partial charge in [0.05, 0.1) is 12.0 Å². The molecule has 3 N–H and O–H groups in total. The van der Waals surface area contributed by atoms with E-state index in [4.69, 9.17) is 16.0 Å². The Kier molecular flexibility index (Phi) is 5.20. The van der Waals surface area contributed by atoms with Gasteiger partial charge in [0.25, 0.3) is 11.8 Å². The number of hydrogen-bond donors (Lipinski definition) is 2. The van der Waals surface area contributed by atoms with E-state index in [9.17, 15) is 14.4 Å². The first-order valence-electron chi connectivity index (χ1n) is 7.97. The molecule has 1 atom stereocenters. The van der Waals surface area contributed by atoms with Gasteiger partial charge in [0.2, 0.25) is 0 Å². The number of nitrogens with one attached hydrogen (secondary N) is 1. The van der Waals surface area contributed by atoms with E-state index in [0.29, 0.717) is 28.7 Å². The Morgan fingerprint density at radius 2 is 2.00 bits per heavy atom. The normalized spacial score (nSPS) is 18.2. The molecule has 1 saturated heterocycles. The summed E-state index contributed by atoms with van der Waals surface area (Å²) in [5.41, 5.74) is 0.853. The van der Waals surface area contributed by atoms with Crippen molar-refractivity contribution in [1.82, 2.24) is 5.32 Å². The highest BCUT2D eigenvalue weighted by molar-refractivity contribution is 6.31. The Morgan fingerprint density at radius 3 is 2.62 bits per heavy atom. The predicted molar refractivity (Wildman–Crippen MR) is 94.1 cm³/mol. The fraction of sp³-hybridized carbons (Fsp3) is 0.167. The van der Waals surface area contributed by atoms with Crippen LogP contribution in [0.15, 0.2) is 58.9 Å². The number of quaternary nitrogens is 1. The van der Waals surface area contributed by atoms with E-state index in [0.717, 1.165) is 4.90 Å². The number of allylic oxidation sites excluding steroid dienone is 1. The Hall–Kier alpha value is -2.90. The summed E-state index contributed by atoms with van der Waals surface area (Å²) in [7, 11) is 0. The highest BCUT2D eigenvalue weighted by atomic mass is 35.5. The number of imide groups is 2. The van der Waals surface area contributed by atoms with Gasteiger partial charge in [-0.25, -0.2) is 9.69 Å². The average molecular weight is 375 g/mol. The Labute approximate surface area is 154 Å². The molecule has 1 fully saturated rings. The monoisotopic (exact) mass is 374 g/mol. The highest BCUT2D eigenvalue weighted by Gasteiger charge is 2.45. The van der Waals surface area contributed by atoms with E-state index in [2.05, 4.69) is 5.32 Å². The van der Waals surface area contributed by atoms with Crippen molar-refractivity contribution in [3.8, 4) is 0 Å². The maximum atomic E-state index is 12.9. The third-order valence-electron chi connectivity index (χ3n) is 4.03. The van der Waals surface area contributed by atoms with Gasteiger partial charge in [0, 0.05) is 5.02 Å². The minimum atomic E-state index is -1.11. The van der Waals surface area contributed by atoms with Crippen molar-refractivity contribution in [2.24, 2.45) is 5.92 Å². The third kappa shape index (κ3) is 3.54. The molecule has 0 saturated carbocycles. The molecule has 3 rings (SSSR count). The number of barbiturate groups is 1. The van der Waals surface area contributed by atoms with E-state index >= 15 is 0 Å². The quantitative estimate of drug-likeness (QED) is 0.780. The van der Waals surface area contributed by atoms with Gasteiger partial charge in [-0.2, -0.15) is 0 Å². The van der Waals surface area contributed by atoms with Crippen molar-refractivity contribution in [1.29, 1.82) is 0 Å². The molecular weight excluding hydrogens is 358 g/mol. The van der Waals surface area contributed by atoms with Crippen LogP contribution >= 0.6 is 11.6 Å². The zero-order chi connectivity index (χ0) is 18.7. The molecular formula is C18H17ClN3O4+. The first-order valence-corrected chi connectivity index (χ1v) is 8.35. The van der Waals surface area contributed by atoms with Gasteiger partial charge in [-0.15, -0.1) is 0 Å². The van der Waals surface area contributed by atoms with Crippen LogP contribution in [-0.2, 0) is 16.1 Å². The number of rotatable bonds is 5. The standard InChI is InChI=1S/C18H16ClN3O4/c1-2-14(20-10-13-4-3-9-26-13)15-16(23)21-18(25)22(17(15)24)12-7-5-11(19)6-8-12/h2-9,15,20H,10H2,1H3,(H,21,23,25)/p+1/b14-2+/t15-/m1/s1. The molecule has 26 heavy (non-hydrogen) atoms. The second-order valence-corrected chi connectivity index (χ2v) is 6.09. The summed E-state index contributed by atoms with van der Waals surface area (Å²) in [6, 6.07) is 9.03. The van der Waals surface area contributed by atoms with Crippen molar-refractivity contribution in [2.45, 2.75) is 13.5 Å². The van der Waals surface area contributed by atoms with Crippen molar-refractivity contribution in [3.63, 3.8) is 0 Å². The van der Waals surface area contributed by atoms with Crippen LogP contribution in [0.1, 0.15) is 12.7 Å². The second-order valence-electron chi connectivity index (χ2n) is 5.65. The summed E-state index contributed by atoms with van der Waals surface area (Å²) < 4.78 is 5.27. The molecule has 1 aliphatic heterocycles. The number of nitrogens with zero attached hydrogens (tertiary/aromatic N) is 1. The molecule has 4 amide bonds. The van der Waals surface area contributed by atoms with Crippen LogP contribution in [0.4, 0.5) is 10.5 Å². The van der Waals surface area contributed by atoms with Crippen LogP contribution in [0.25, 0.3) is 0 Å². The number of carbonyl (C=O) groups excluding carboxylic acids is 3. The van der Waals surface area contributed by atoms with Gasteiger partial charge < -0.3 is 9.73 Å². The Bertz CT molecular complexity index is 859. The number of halogens is 1. The van der Waals surface area contributed by atoms with E-state index in [1.54, 1.807) is 61.0 Å². The minimum Gasteiger partial charge on any atom is -0.463 e. The maximum Gasteiger partial charge on any atom is 0.335 e. The van der Waals surface area contributed by atoms with Crippen LogP contribution in [0, 0.1) is 5.92 Å². The van der Waals surface area contributed by atoms with Crippen LogP contribution in [-0.4, -0.2) is 17.8 Å². The van der Waals surface area contributed by atoms with Gasteiger partial charge >= 0.3 is 6.03 Å². The van der Waals surface area contributed by atoms with Crippen molar-refractivity contribution in [2.75, 3.05) is 4.90 Å². The van der Waals surface area contributed by atoms with Crippen LogP contribution in [0.2, 0.25) is 5.02 Å². The predicted octanol–water partition coefficient (Wildman–Crippen LogP) is 1.80. The van der Waals surface area contributed by atoms with Gasteiger partial charge in [0.15, 0.2) is 11.7 Å². The first-order chi connectivity index (χ1) is 12.5. The number of carbonyl (C=O) groups is 3. The smallest absolute Gasteiger partial charge is 0.335 e. The molecule has 0 radical (unpaired) electrons. The molecule has 2 aromatic rings. The summed E-state index contributed by atoms with van der Waals surface area (Å²) in [5.74, 6) is -1.65. The van der Waals surface area contributed by atoms with E-state index in [1.165, 1.54) is 0 Å². The van der Waals surface area contributed by atoms with Gasteiger partial charge in [-0.1, -0.05) is 11.6 Å². The maximum absolute atomic E-state index is 12.9. The fourth-order valence-electron chi connectivity index (χ4n) is 2.75. The van der Waals surface area contributed by atoms with E-state index in [-0.39, 0.29) is 0 Å². The SMILES string of the molecule is C/C=C(/[NH2+]Cc1ccco1)[C@@H]1C(=O)NC(=O)N(c2ccc(Cl)cc2)C1=O. The van der Waals surface area contributed by atoms with Gasteiger partial charge in [-0.3, -0.25) is 14.9 Å². The topological polar surface area (TPSA) is 96.2 Å². The number of urea groups is 1. The molecule has 7 nitrogen and oxygen atoms in total. The van der Waals surface area contributed by atoms with E-state index < -0.39 is 23.8 Å². The number of anilines is 1. The third-order valence-corrected chi connectivity index (χ3v) is 4.29. The fourth-order valence-corrected chi connectivity index (χ4v) is 2.88. The first kappa shape index (κ1) is 17.9. The number of hydrogen-bond acceptors (Lipinski definition) is 4. The summed E-state index contributed by atoms with van der Waals surface area (Å²) >= 11 is 5.86. The zero-order valence-electron chi connectivity index (χ0n) is 13.9. The number of benzene rings is 1. The van der Waals surface area contributed by atoms with Crippen LogP contribution in [0.5, 0.6) is 0 Å². The second kappa shape index (κ2) is 7.55. The summed E-state index contributed by atoms with van der Waals surface area (Å²) in [6.45, 7) is 2.16. The molecule has 0 bridgehead atoms. The molecule has 0 aliphatic carbocycles. The Morgan fingerprint density at radius 1 is 1.27 bits per heavy atom. The largest absolute Gasteiger partial charge is 0.463 e. The lowest BCUT2D eigenvalue weighted by Crippen LogP contribution is -2.83. The van der Waals surface area contributed by atoms with Crippen molar-refractivity contribution < 1.29 is 24.1 Å². The van der Waals surface area contributed by atoms with Crippen LogP contribution in [0.3, 0.4) is 0 Å². The van der Waals surface area contributed by atoms with E-state index in [1.807, 2.05) is 0 Å². The van der Waals surface area contributed by atoms with Crippen molar-refractivity contribution >= 4 is 35.1 Å². The summed E-state index contributed by atoms with van der Waals surface area (Å²) in [5, 5.41) is 4.47. The average Bonchev–Trinajstić information content (AvgIpc) is 3.12. The Balaban J connectivity index is 1.85.